The Hall–Kier alpha value is -2.56. The molecule has 0 saturated carbocycles. The lowest BCUT2D eigenvalue weighted by Gasteiger charge is -2.35. The topological polar surface area (TPSA) is 53.8 Å². The third-order valence-electron chi connectivity index (χ3n) is 5.70. The number of benzene rings is 1. The van der Waals surface area contributed by atoms with Crippen molar-refractivity contribution in [3.8, 4) is 11.3 Å². The van der Waals surface area contributed by atoms with Gasteiger partial charge in [0, 0.05) is 36.8 Å². The Kier molecular flexibility index (Phi) is 4.77. The summed E-state index contributed by atoms with van der Waals surface area (Å²) in [5.74, 6) is 1.86. The summed E-state index contributed by atoms with van der Waals surface area (Å²) in [6.45, 7) is 5.97. The molecule has 0 spiro atoms. The van der Waals surface area contributed by atoms with Crippen LogP contribution in [0.25, 0.3) is 11.3 Å². The highest BCUT2D eigenvalue weighted by Gasteiger charge is 2.41. The first-order chi connectivity index (χ1) is 13.1. The summed E-state index contributed by atoms with van der Waals surface area (Å²) in [7, 11) is 0. The van der Waals surface area contributed by atoms with E-state index in [0.29, 0.717) is 18.7 Å². The smallest absolute Gasteiger partial charge is 0.253 e. The molecule has 0 N–H and O–H groups in total. The molecule has 1 aromatic heterocycles. The summed E-state index contributed by atoms with van der Waals surface area (Å²) in [5.41, 5.74) is 1.62. The molecule has 4 heterocycles. The molecule has 5 nitrogen and oxygen atoms in total. The molecular weight excluding hydrogens is 340 g/mol. The monoisotopic (exact) mass is 366 g/mol. The number of nitrogens with zero attached hydrogens (tertiary/aromatic N) is 2. The Bertz CT molecular complexity index is 839. The second-order valence-corrected chi connectivity index (χ2v) is 7.66. The van der Waals surface area contributed by atoms with Gasteiger partial charge in [-0.3, -0.25) is 9.59 Å². The van der Waals surface area contributed by atoms with E-state index in [4.69, 9.17) is 4.42 Å². The molecule has 3 aliphatic heterocycles. The Balaban J connectivity index is 1.52. The molecule has 5 rings (SSSR count). The lowest BCUT2D eigenvalue weighted by atomic mass is 9.94. The van der Waals surface area contributed by atoms with Crippen LogP contribution in [0.4, 0.5) is 0 Å². The molecule has 2 aromatic rings. The van der Waals surface area contributed by atoms with Crippen molar-refractivity contribution in [2.75, 3.05) is 19.6 Å². The molecular formula is C22H26N2O3. The molecule has 3 fully saturated rings. The Morgan fingerprint density at radius 3 is 2.56 bits per heavy atom. The number of amides is 2. The molecule has 0 aliphatic carbocycles. The van der Waals surface area contributed by atoms with E-state index in [2.05, 4.69) is 6.92 Å². The first-order valence-electron chi connectivity index (χ1n) is 9.83. The minimum absolute atomic E-state index is 0.0141. The number of piperidine rings is 1. The van der Waals surface area contributed by atoms with Gasteiger partial charge in [-0.05, 0) is 50.5 Å². The molecule has 2 atom stereocenters. The van der Waals surface area contributed by atoms with Gasteiger partial charge in [0.1, 0.15) is 11.5 Å². The number of hydrogen-bond acceptors (Lipinski definition) is 3. The van der Waals surface area contributed by atoms with Gasteiger partial charge >= 0.3 is 0 Å². The van der Waals surface area contributed by atoms with Crippen LogP contribution in [0.15, 0.2) is 40.8 Å². The highest BCUT2D eigenvalue weighted by atomic mass is 16.3. The SMILES string of the molecule is CCCN1C(=O)[C@@H]2CC[C@H]1CN(C(=O)c1ccc(-c3ccc(C)o3)cc1)C2. The zero-order chi connectivity index (χ0) is 19.0. The van der Waals surface area contributed by atoms with E-state index in [0.717, 1.165) is 42.9 Å². The van der Waals surface area contributed by atoms with Crippen molar-refractivity contribution in [2.45, 2.75) is 39.2 Å². The first-order valence-corrected chi connectivity index (χ1v) is 9.83. The molecule has 0 radical (unpaired) electrons. The lowest BCUT2D eigenvalue weighted by Crippen LogP contribution is -2.48. The van der Waals surface area contributed by atoms with Gasteiger partial charge in [-0.15, -0.1) is 0 Å². The normalized spacial score (nSPS) is 22.2. The van der Waals surface area contributed by atoms with Gasteiger partial charge in [0.15, 0.2) is 0 Å². The molecule has 142 valence electrons. The van der Waals surface area contributed by atoms with Crippen LogP contribution >= 0.6 is 0 Å². The minimum atomic E-state index is -0.0513. The molecule has 5 heteroatoms. The van der Waals surface area contributed by atoms with Gasteiger partial charge in [-0.2, -0.15) is 0 Å². The predicted molar refractivity (Wildman–Crippen MR) is 103 cm³/mol. The number of rotatable bonds is 4. The number of fused-ring (bicyclic) bond motifs is 4. The van der Waals surface area contributed by atoms with Crippen LogP contribution < -0.4 is 0 Å². The summed E-state index contributed by atoms with van der Waals surface area (Å²) < 4.78 is 5.65. The average molecular weight is 366 g/mol. The molecule has 3 saturated heterocycles. The van der Waals surface area contributed by atoms with E-state index in [1.165, 1.54) is 0 Å². The number of aryl methyl sites for hydroxylation is 1. The van der Waals surface area contributed by atoms with Gasteiger partial charge in [0.25, 0.3) is 5.91 Å². The Labute approximate surface area is 159 Å². The largest absolute Gasteiger partial charge is 0.461 e. The van der Waals surface area contributed by atoms with Crippen LogP contribution in [0.3, 0.4) is 0 Å². The van der Waals surface area contributed by atoms with Crippen LogP contribution in [0.5, 0.6) is 0 Å². The summed E-state index contributed by atoms with van der Waals surface area (Å²) in [4.78, 5) is 29.6. The molecule has 1 aromatic carbocycles. The van der Waals surface area contributed by atoms with Crippen LogP contribution in [0.1, 0.15) is 42.3 Å². The van der Waals surface area contributed by atoms with Gasteiger partial charge < -0.3 is 14.2 Å². The van der Waals surface area contributed by atoms with E-state index < -0.39 is 0 Å². The maximum absolute atomic E-state index is 13.1. The van der Waals surface area contributed by atoms with Crippen molar-refractivity contribution in [1.29, 1.82) is 0 Å². The Morgan fingerprint density at radius 1 is 1.11 bits per heavy atom. The average Bonchev–Trinajstić information content (AvgIpc) is 2.93. The van der Waals surface area contributed by atoms with Crippen molar-refractivity contribution >= 4 is 11.8 Å². The van der Waals surface area contributed by atoms with Crippen molar-refractivity contribution < 1.29 is 14.0 Å². The second-order valence-electron chi connectivity index (χ2n) is 7.66. The van der Waals surface area contributed by atoms with Crippen LogP contribution in [0.2, 0.25) is 0 Å². The molecule has 0 unspecified atom stereocenters. The summed E-state index contributed by atoms with van der Waals surface area (Å²) in [6.07, 6.45) is 2.85. The second kappa shape index (κ2) is 7.22. The van der Waals surface area contributed by atoms with Crippen LogP contribution in [-0.4, -0.2) is 47.3 Å². The number of carbonyl (C=O) groups excluding carboxylic acids is 2. The zero-order valence-corrected chi connectivity index (χ0v) is 16.0. The molecule has 27 heavy (non-hydrogen) atoms. The van der Waals surface area contributed by atoms with Crippen LogP contribution in [0, 0.1) is 12.8 Å². The van der Waals surface area contributed by atoms with E-state index in [9.17, 15) is 9.59 Å². The van der Waals surface area contributed by atoms with Crippen LogP contribution in [-0.2, 0) is 4.79 Å². The van der Waals surface area contributed by atoms with E-state index in [1.54, 1.807) is 0 Å². The van der Waals surface area contributed by atoms with Gasteiger partial charge in [0.2, 0.25) is 5.91 Å². The fourth-order valence-corrected chi connectivity index (χ4v) is 4.29. The Morgan fingerprint density at radius 2 is 1.89 bits per heavy atom. The molecule has 2 bridgehead atoms. The van der Waals surface area contributed by atoms with Crippen molar-refractivity contribution in [3.63, 3.8) is 0 Å². The van der Waals surface area contributed by atoms with E-state index in [-0.39, 0.29) is 23.8 Å². The third kappa shape index (κ3) is 3.38. The summed E-state index contributed by atoms with van der Waals surface area (Å²) >= 11 is 0. The maximum atomic E-state index is 13.1. The third-order valence-corrected chi connectivity index (χ3v) is 5.70. The van der Waals surface area contributed by atoms with Crippen molar-refractivity contribution in [2.24, 2.45) is 5.92 Å². The van der Waals surface area contributed by atoms with Crippen molar-refractivity contribution in [1.82, 2.24) is 9.80 Å². The van der Waals surface area contributed by atoms with Gasteiger partial charge in [-0.1, -0.05) is 19.1 Å². The summed E-state index contributed by atoms with van der Waals surface area (Å²) in [5, 5.41) is 0. The first kappa shape index (κ1) is 17.8. The fraction of sp³-hybridized carbons (Fsp3) is 0.455. The number of hydrogen-bond donors (Lipinski definition) is 0. The highest BCUT2D eigenvalue weighted by Crippen LogP contribution is 2.30. The zero-order valence-electron chi connectivity index (χ0n) is 16.0. The van der Waals surface area contributed by atoms with E-state index in [1.807, 2.05) is 53.1 Å². The quantitative estimate of drug-likeness (QED) is 0.828. The van der Waals surface area contributed by atoms with Gasteiger partial charge in [-0.25, -0.2) is 0 Å². The molecule has 2 amide bonds. The predicted octanol–water partition coefficient (Wildman–Crippen LogP) is 3.73. The van der Waals surface area contributed by atoms with Gasteiger partial charge in [0.05, 0.1) is 5.92 Å². The standard InChI is InChI=1S/C22H26N2O3/c1-3-12-24-19-10-9-18(22(24)26)13-23(14-19)21(25)17-7-5-16(6-8-17)20-11-4-15(2)27-20/h4-8,11,18-19H,3,9-10,12-14H2,1-2H3/t18-,19+/m1/s1. The minimum Gasteiger partial charge on any atom is -0.461 e. The number of furan rings is 1. The highest BCUT2D eigenvalue weighted by molar-refractivity contribution is 5.95. The fourth-order valence-electron chi connectivity index (χ4n) is 4.29. The van der Waals surface area contributed by atoms with Crippen molar-refractivity contribution in [3.05, 3.63) is 47.7 Å². The number of carbonyl (C=O) groups is 2. The summed E-state index contributed by atoms with van der Waals surface area (Å²) in [6, 6.07) is 11.6. The lowest BCUT2D eigenvalue weighted by molar-refractivity contribution is -0.139. The molecule has 3 aliphatic rings. The van der Waals surface area contributed by atoms with E-state index >= 15 is 0 Å². The maximum Gasteiger partial charge on any atom is 0.253 e.